The summed E-state index contributed by atoms with van der Waals surface area (Å²) in [4.78, 5) is 0. The Kier molecular flexibility index (Phi) is 3.80. The van der Waals surface area contributed by atoms with Gasteiger partial charge in [0.2, 0.25) is 0 Å². The number of hydrogen-bond acceptors (Lipinski definition) is 0. The molecule has 2 aromatic carbocycles. The van der Waals surface area contributed by atoms with E-state index in [1.54, 1.807) is 6.92 Å². The lowest BCUT2D eigenvalue weighted by molar-refractivity contribution is 0.490. The molecule has 0 saturated heterocycles. The molecule has 0 fully saturated rings. The molecule has 100 valence electrons. The van der Waals surface area contributed by atoms with Crippen LogP contribution in [0.3, 0.4) is 0 Å². The third kappa shape index (κ3) is 2.73. The lowest BCUT2D eigenvalue weighted by atomic mass is 9.99. The molecular weight excluding hydrogens is 280 g/mol. The highest BCUT2D eigenvalue weighted by Crippen LogP contribution is 2.33. The zero-order valence-electron chi connectivity index (χ0n) is 9.85. The summed E-state index contributed by atoms with van der Waals surface area (Å²) in [6.45, 7) is 1.67. The molecular formula is C14H9ClF4. The second kappa shape index (κ2) is 5.21. The van der Waals surface area contributed by atoms with Crippen LogP contribution in [0.2, 0.25) is 0 Å². The van der Waals surface area contributed by atoms with Gasteiger partial charge in [0.25, 0.3) is 0 Å². The molecule has 0 radical (unpaired) electrons. The SMILES string of the molecule is Cc1ccc(F)cc1C(Cl)c1cc(F)c(F)cc1F. The van der Waals surface area contributed by atoms with Crippen molar-refractivity contribution >= 4 is 11.6 Å². The van der Waals surface area contributed by atoms with E-state index in [4.69, 9.17) is 11.6 Å². The quantitative estimate of drug-likeness (QED) is 0.420. The van der Waals surface area contributed by atoms with Crippen molar-refractivity contribution in [3.63, 3.8) is 0 Å². The first-order chi connectivity index (χ1) is 8.90. The molecule has 0 spiro atoms. The van der Waals surface area contributed by atoms with Gasteiger partial charge in [0.05, 0.1) is 5.38 Å². The fraction of sp³-hybridized carbons (Fsp3) is 0.143. The molecule has 2 aromatic rings. The van der Waals surface area contributed by atoms with Crippen molar-refractivity contribution in [3.8, 4) is 0 Å². The van der Waals surface area contributed by atoms with Gasteiger partial charge in [0.1, 0.15) is 11.6 Å². The fourth-order valence-corrected chi connectivity index (χ4v) is 2.19. The Labute approximate surface area is 112 Å². The molecule has 0 heterocycles. The van der Waals surface area contributed by atoms with Gasteiger partial charge in [-0.3, -0.25) is 0 Å². The Morgan fingerprint density at radius 2 is 1.47 bits per heavy atom. The maximum Gasteiger partial charge on any atom is 0.161 e. The first-order valence-electron chi connectivity index (χ1n) is 5.44. The predicted octanol–water partition coefficient (Wildman–Crippen LogP) is 4.88. The average molecular weight is 289 g/mol. The van der Waals surface area contributed by atoms with E-state index in [-0.39, 0.29) is 5.56 Å². The summed E-state index contributed by atoms with van der Waals surface area (Å²) in [6.07, 6.45) is 0. The van der Waals surface area contributed by atoms with Crippen molar-refractivity contribution in [1.29, 1.82) is 0 Å². The van der Waals surface area contributed by atoms with Gasteiger partial charge in [-0.15, -0.1) is 11.6 Å². The monoisotopic (exact) mass is 288 g/mol. The van der Waals surface area contributed by atoms with Gasteiger partial charge >= 0.3 is 0 Å². The summed E-state index contributed by atoms with van der Waals surface area (Å²) in [5.41, 5.74) is 0.714. The van der Waals surface area contributed by atoms with Crippen LogP contribution < -0.4 is 0 Å². The smallest absolute Gasteiger partial charge is 0.161 e. The summed E-state index contributed by atoms with van der Waals surface area (Å²) < 4.78 is 52.8. The van der Waals surface area contributed by atoms with Gasteiger partial charge in [0.15, 0.2) is 11.6 Å². The zero-order chi connectivity index (χ0) is 14.2. The van der Waals surface area contributed by atoms with Crippen molar-refractivity contribution < 1.29 is 17.6 Å². The van der Waals surface area contributed by atoms with Gasteiger partial charge in [-0.25, -0.2) is 17.6 Å². The standard InChI is InChI=1S/C14H9ClF4/c1-7-2-3-8(16)4-9(7)14(15)10-5-12(18)13(19)6-11(10)17/h2-6,14H,1H3. The van der Waals surface area contributed by atoms with Crippen LogP contribution in [0, 0.1) is 30.2 Å². The van der Waals surface area contributed by atoms with Crippen molar-refractivity contribution in [2.75, 3.05) is 0 Å². The van der Waals surface area contributed by atoms with Crippen LogP contribution in [-0.2, 0) is 0 Å². The van der Waals surface area contributed by atoms with Crippen LogP contribution in [0.15, 0.2) is 30.3 Å². The first-order valence-corrected chi connectivity index (χ1v) is 5.88. The largest absolute Gasteiger partial charge is 0.207 e. The predicted molar refractivity (Wildman–Crippen MR) is 65.1 cm³/mol. The highest BCUT2D eigenvalue weighted by molar-refractivity contribution is 6.22. The molecule has 0 aliphatic carbocycles. The maximum atomic E-state index is 13.6. The van der Waals surface area contributed by atoms with E-state index in [2.05, 4.69) is 0 Å². The molecule has 0 amide bonds. The number of aryl methyl sites for hydroxylation is 1. The third-order valence-corrected chi connectivity index (χ3v) is 3.30. The van der Waals surface area contributed by atoms with E-state index >= 15 is 0 Å². The van der Waals surface area contributed by atoms with Gasteiger partial charge < -0.3 is 0 Å². The minimum Gasteiger partial charge on any atom is -0.207 e. The number of rotatable bonds is 2. The normalized spacial score (nSPS) is 12.5. The minimum absolute atomic E-state index is 0.228. The molecule has 19 heavy (non-hydrogen) atoms. The Balaban J connectivity index is 2.52. The molecule has 0 N–H and O–H groups in total. The molecule has 5 heteroatoms. The molecule has 2 rings (SSSR count). The highest BCUT2D eigenvalue weighted by Gasteiger charge is 2.20. The van der Waals surface area contributed by atoms with Crippen LogP contribution >= 0.6 is 11.6 Å². The van der Waals surface area contributed by atoms with Crippen LogP contribution in [0.1, 0.15) is 22.1 Å². The van der Waals surface area contributed by atoms with E-state index < -0.39 is 28.6 Å². The number of alkyl halides is 1. The lowest BCUT2D eigenvalue weighted by Gasteiger charge is -2.14. The summed E-state index contributed by atoms with van der Waals surface area (Å²) in [6, 6.07) is 4.98. The second-order valence-corrected chi connectivity index (χ2v) is 4.59. The number of hydrogen-bond donors (Lipinski definition) is 0. The summed E-state index contributed by atoms with van der Waals surface area (Å²) in [5.74, 6) is -3.99. The Hall–Kier alpha value is -1.55. The van der Waals surface area contributed by atoms with Crippen molar-refractivity contribution in [1.82, 2.24) is 0 Å². The van der Waals surface area contributed by atoms with Crippen LogP contribution in [0.25, 0.3) is 0 Å². The third-order valence-electron chi connectivity index (χ3n) is 2.83. The van der Waals surface area contributed by atoms with Gasteiger partial charge in [-0.1, -0.05) is 6.07 Å². The van der Waals surface area contributed by atoms with Gasteiger partial charge in [-0.2, -0.15) is 0 Å². The lowest BCUT2D eigenvalue weighted by Crippen LogP contribution is -2.02. The summed E-state index contributed by atoms with van der Waals surface area (Å²) in [7, 11) is 0. The molecule has 0 nitrogen and oxygen atoms in total. The van der Waals surface area contributed by atoms with E-state index in [1.807, 2.05) is 0 Å². The van der Waals surface area contributed by atoms with Crippen molar-refractivity contribution in [2.45, 2.75) is 12.3 Å². The number of halogens is 5. The van der Waals surface area contributed by atoms with Crippen LogP contribution in [0.4, 0.5) is 17.6 Å². The molecule has 0 saturated carbocycles. The molecule has 0 aromatic heterocycles. The Morgan fingerprint density at radius 1 is 0.842 bits per heavy atom. The van der Waals surface area contributed by atoms with Gasteiger partial charge in [0, 0.05) is 11.6 Å². The topological polar surface area (TPSA) is 0 Å². The zero-order valence-corrected chi connectivity index (χ0v) is 10.6. The Morgan fingerprint density at radius 3 is 2.16 bits per heavy atom. The van der Waals surface area contributed by atoms with Gasteiger partial charge in [-0.05, 0) is 36.2 Å². The van der Waals surface area contributed by atoms with E-state index in [1.165, 1.54) is 12.1 Å². The van der Waals surface area contributed by atoms with Crippen LogP contribution in [0.5, 0.6) is 0 Å². The molecule has 1 atom stereocenters. The van der Waals surface area contributed by atoms with E-state index in [9.17, 15) is 17.6 Å². The van der Waals surface area contributed by atoms with Crippen molar-refractivity contribution in [3.05, 3.63) is 70.3 Å². The van der Waals surface area contributed by atoms with Crippen molar-refractivity contribution in [2.24, 2.45) is 0 Å². The highest BCUT2D eigenvalue weighted by atomic mass is 35.5. The Bertz CT molecular complexity index is 625. The molecule has 1 unspecified atom stereocenters. The van der Waals surface area contributed by atoms with E-state index in [0.29, 0.717) is 23.3 Å². The summed E-state index contributed by atoms with van der Waals surface area (Å²) >= 11 is 6.04. The van der Waals surface area contributed by atoms with Crippen LogP contribution in [-0.4, -0.2) is 0 Å². The second-order valence-electron chi connectivity index (χ2n) is 4.15. The maximum absolute atomic E-state index is 13.6. The summed E-state index contributed by atoms with van der Waals surface area (Å²) in [5, 5.41) is -1.09. The molecule has 0 aliphatic rings. The minimum atomic E-state index is -1.29. The number of benzene rings is 2. The fourth-order valence-electron chi connectivity index (χ4n) is 1.78. The molecule has 0 bridgehead atoms. The first kappa shape index (κ1) is 13.9. The molecule has 0 aliphatic heterocycles. The van der Waals surface area contributed by atoms with E-state index in [0.717, 1.165) is 6.07 Å². The average Bonchev–Trinajstić information content (AvgIpc) is 2.36.